The second-order valence-corrected chi connectivity index (χ2v) is 11.4. The van der Waals surface area contributed by atoms with E-state index in [0.29, 0.717) is 41.4 Å². The molecule has 1 aliphatic carbocycles. The van der Waals surface area contributed by atoms with Gasteiger partial charge in [-0.15, -0.1) is 10.2 Å². The van der Waals surface area contributed by atoms with Crippen LogP contribution in [0, 0.1) is 0 Å². The van der Waals surface area contributed by atoms with E-state index >= 15 is 0 Å². The number of anilines is 2. The summed E-state index contributed by atoms with van der Waals surface area (Å²) in [7, 11) is 0. The number of nitrogens with zero attached hydrogens (tertiary/aromatic N) is 8. The Kier molecular flexibility index (Phi) is 4.97. The Morgan fingerprint density at radius 3 is 2.77 bits per heavy atom. The number of benzene rings is 1. The fraction of sp³-hybridized carbons (Fsp3) is 0.414. The maximum atomic E-state index is 13.8. The third-order valence-corrected chi connectivity index (χ3v) is 8.46. The minimum atomic E-state index is -0.0402. The first kappa shape index (κ1) is 22.9. The molecule has 39 heavy (non-hydrogen) atoms. The van der Waals surface area contributed by atoms with Gasteiger partial charge in [0.05, 0.1) is 48.7 Å². The van der Waals surface area contributed by atoms with E-state index in [1.807, 2.05) is 29.1 Å². The lowest BCUT2D eigenvalue weighted by Gasteiger charge is -2.31. The van der Waals surface area contributed by atoms with E-state index in [0.717, 1.165) is 42.2 Å². The molecule has 10 nitrogen and oxygen atoms in total. The number of aromatic nitrogens is 6. The van der Waals surface area contributed by atoms with Crippen molar-refractivity contribution in [3.05, 3.63) is 66.0 Å². The first-order chi connectivity index (χ1) is 19.0. The predicted octanol–water partition coefficient (Wildman–Crippen LogP) is 4.12. The van der Waals surface area contributed by atoms with Gasteiger partial charge in [-0.1, -0.05) is 6.07 Å². The number of ether oxygens (including phenoxy) is 1. The molecule has 0 spiro atoms. The van der Waals surface area contributed by atoms with Crippen molar-refractivity contribution in [3.8, 4) is 17.2 Å². The normalized spacial score (nSPS) is 22.0. The highest BCUT2D eigenvalue weighted by Crippen LogP contribution is 2.42. The van der Waals surface area contributed by atoms with Crippen LogP contribution in [0.25, 0.3) is 17.2 Å². The van der Waals surface area contributed by atoms with Crippen molar-refractivity contribution in [2.45, 2.75) is 63.8 Å². The maximum Gasteiger partial charge on any atom is 0.260 e. The van der Waals surface area contributed by atoms with Gasteiger partial charge >= 0.3 is 0 Å². The van der Waals surface area contributed by atoms with E-state index in [2.05, 4.69) is 51.8 Å². The van der Waals surface area contributed by atoms with Crippen molar-refractivity contribution in [2.75, 3.05) is 23.0 Å². The molecule has 0 radical (unpaired) electrons. The highest BCUT2D eigenvalue weighted by molar-refractivity contribution is 6.10. The Balaban J connectivity index is 1.18. The molecule has 1 aromatic carbocycles. The van der Waals surface area contributed by atoms with Crippen molar-refractivity contribution >= 4 is 17.4 Å². The molecule has 8 rings (SSSR count). The van der Waals surface area contributed by atoms with Crippen LogP contribution >= 0.6 is 0 Å². The third kappa shape index (κ3) is 3.69. The largest absolute Gasteiger partial charge is 0.374 e. The summed E-state index contributed by atoms with van der Waals surface area (Å²) in [6.07, 6.45) is 9.49. The summed E-state index contributed by atoms with van der Waals surface area (Å²) in [4.78, 5) is 27.6. The van der Waals surface area contributed by atoms with Crippen molar-refractivity contribution in [3.63, 3.8) is 0 Å². The lowest BCUT2D eigenvalue weighted by Crippen LogP contribution is -2.37. The molecule has 3 aliphatic heterocycles. The molecule has 4 aromatic rings. The second kappa shape index (κ2) is 8.47. The fourth-order valence-corrected chi connectivity index (χ4v) is 6.22. The molecule has 4 aliphatic rings. The maximum absolute atomic E-state index is 13.8. The molecular weight excluding hydrogens is 492 g/mol. The molecule has 1 amide bonds. The smallest absolute Gasteiger partial charge is 0.260 e. The minimum absolute atomic E-state index is 0.0402. The van der Waals surface area contributed by atoms with Gasteiger partial charge in [0.15, 0.2) is 5.82 Å². The molecule has 2 bridgehead atoms. The molecule has 6 heterocycles. The number of carbonyl (C=O) groups is 1. The number of fused-ring (bicyclic) bond motifs is 3. The molecule has 198 valence electrons. The van der Waals surface area contributed by atoms with Gasteiger partial charge in [-0.2, -0.15) is 0 Å². The van der Waals surface area contributed by atoms with Crippen molar-refractivity contribution < 1.29 is 9.53 Å². The van der Waals surface area contributed by atoms with Gasteiger partial charge < -0.3 is 18.8 Å². The Labute approximate surface area is 226 Å². The number of morpholine rings is 1. The highest BCUT2D eigenvalue weighted by atomic mass is 16.5. The van der Waals surface area contributed by atoms with Crippen LogP contribution < -0.4 is 9.80 Å². The number of pyridine rings is 1. The summed E-state index contributed by atoms with van der Waals surface area (Å²) in [6.45, 7) is 6.27. The van der Waals surface area contributed by atoms with Gasteiger partial charge in [-0.05, 0) is 62.9 Å². The van der Waals surface area contributed by atoms with Crippen LogP contribution in [0.4, 0.5) is 11.5 Å². The van der Waals surface area contributed by atoms with Gasteiger partial charge in [0.25, 0.3) is 5.91 Å². The summed E-state index contributed by atoms with van der Waals surface area (Å²) in [5, 5.41) is 8.38. The summed E-state index contributed by atoms with van der Waals surface area (Å²) < 4.78 is 9.99. The molecule has 0 N–H and O–H groups in total. The van der Waals surface area contributed by atoms with Crippen LogP contribution in [0.2, 0.25) is 0 Å². The summed E-state index contributed by atoms with van der Waals surface area (Å²) in [6, 6.07) is 10.6. The van der Waals surface area contributed by atoms with Gasteiger partial charge in [-0.25, -0.2) is 9.97 Å². The lowest BCUT2D eigenvalue weighted by molar-refractivity contribution is 0.0988. The lowest BCUT2D eigenvalue weighted by atomic mass is 10.1. The Hall–Kier alpha value is -4.05. The quantitative estimate of drug-likeness (QED) is 0.376. The highest BCUT2D eigenvalue weighted by Gasteiger charge is 2.41. The van der Waals surface area contributed by atoms with Crippen LogP contribution in [0.1, 0.15) is 66.7 Å². The minimum Gasteiger partial charge on any atom is -0.374 e. The van der Waals surface area contributed by atoms with Gasteiger partial charge in [-0.3, -0.25) is 9.69 Å². The number of hydrogen-bond acceptors (Lipinski definition) is 7. The molecule has 10 heteroatoms. The van der Waals surface area contributed by atoms with Crippen LogP contribution in [0.15, 0.2) is 49.2 Å². The fourth-order valence-electron chi connectivity index (χ4n) is 6.22. The zero-order chi connectivity index (χ0) is 26.2. The Morgan fingerprint density at radius 1 is 1.10 bits per heavy atom. The van der Waals surface area contributed by atoms with E-state index in [9.17, 15) is 4.79 Å². The molecule has 3 fully saturated rings. The van der Waals surface area contributed by atoms with E-state index in [4.69, 9.17) is 14.7 Å². The van der Waals surface area contributed by atoms with E-state index in [1.54, 1.807) is 11.2 Å². The molecular formula is C29H30N8O2. The zero-order valence-corrected chi connectivity index (χ0v) is 22.1. The van der Waals surface area contributed by atoms with Crippen molar-refractivity contribution in [1.29, 1.82) is 0 Å². The Morgan fingerprint density at radius 2 is 2.00 bits per heavy atom. The van der Waals surface area contributed by atoms with Crippen molar-refractivity contribution in [2.24, 2.45) is 0 Å². The van der Waals surface area contributed by atoms with Gasteiger partial charge in [0.2, 0.25) is 0 Å². The zero-order valence-electron chi connectivity index (χ0n) is 22.1. The van der Waals surface area contributed by atoms with E-state index < -0.39 is 0 Å². The van der Waals surface area contributed by atoms with Gasteiger partial charge in [0, 0.05) is 30.3 Å². The standard InChI is InChI=1S/C29H30N8O2/c1-17(2)37-16-31-33-28(37)23-4-3-5-27(32-23)36-11-19-8-26(35-12-21-9-20(35)14-39-21)25(10-22(19)29(36)38)34-13-24(30-15-34)18-6-7-18/h3-5,8,10,13,15-18,20-21H,6-7,9,11-12,14H2,1-2H3/t20-,21?/m0/s1. The average molecular weight is 523 g/mol. The number of rotatable bonds is 6. The van der Waals surface area contributed by atoms with Crippen LogP contribution in [-0.4, -0.2) is 60.5 Å². The molecule has 3 aromatic heterocycles. The summed E-state index contributed by atoms with van der Waals surface area (Å²) in [5.74, 6) is 1.83. The van der Waals surface area contributed by atoms with Crippen LogP contribution in [0.3, 0.4) is 0 Å². The monoisotopic (exact) mass is 522 g/mol. The second-order valence-electron chi connectivity index (χ2n) is 11.4. The Bertz CT molecular complexity index is 1600. The number of amides is 1. The first-order valence-corrected chi connectivity index (χ1v) is 13.8. The summed E-state index contributed by atoms with van der Waals surface area (Å²) >= 11 is 0. The van der Waals surface area contributed by atoms with Gasteiger partial charge in [0.1, 0.15) is 17.8 Å². The summed E-state index contributed by atoms with van der Waals surface area (Å²) in [5.41, 5.74) is 5.71. The first-order valence-electron chi connectivity index (χ1n) is 13.8. The van der Waals surface area contributed by atoms with Crippen molar-refractivity contribution in [1.82, 2.24) is 29.3 Å². The SMILES string of the molecule is CC(C)n1cnnc1-c1cccc(N2Cc3cc(N4CC5C[C@H]4CO5)c(-n4cnc(C5CC5)c4)cc3C2=O)n1. The average Bonchev–Trinajstić information content (AvgIpc) is 3.46. The third-order valence-electron chi connectivity index (χ3n) is 8.46. The van der Waals surface area contributed by atoms with Crippen LogP contribution in [0.5, 0.6) is 0 Å². The topological polar surface area (TPSA) is 94.2 Å². The number of hydrogen-bond donors (Lipinski definition) is 0. The number of carbonyl (C=O) groups excluding carboxylic acids is 1. The van der Waals surface area contributed by atoms with E-state index in [-0.39, 0.29) is 18.1 Å². The molecule has 2 saturated heterocycles. The number of imidazole rings is 1. The predicted molar refractivity (Wildman–Crippen MR) is 145 cm³/mol. The molecule has 1 saturated carbocycles. The molecule has 1 unspecified atom stereocenters. The molecule has 2 atom stereocenters. The van der Waals surface area contributed by atoms with Crippen LogP contribution in [-0.2, 0) is 11.3 Å². The van der Waals surface area contributed by atoms with E-state index in [1.165, 1.54) is 12.8 Å².